The molecule has 0 aliphatic rings. The molecule has 110 valence electrons. The highest BCUT2D eigenvalue weighted by Crippen LogP contribution is 2.26. The van der Waals surface area contributed by atoms with E-state index < -0.39 is 16.4 Å². The highest BCUT2D eigenvalue weighted by molar-refractivity contribution is 5.76. The molecule has 6 nitrogen and oxygen atoms in total. The summed E-state index contributed by atoms with van der Waals surface area (Å²) in [4.78, 5) is 21.4. The summed E-state index contributed by atoms with van der Waals surface area (Å²) in [6.45, 7) is 4.75. The molecule has 0 bridgehead atoms. The van der Waals surface area contributed by atoms with Crippen LogP contribution in [-0.4, -0.2) is 23.9 Å². The summed E-state index contributed by atoms with van der Waals surface area (Å²) in [5.41, 5.74) is -0.526. The first kappa shape index (κ1) is 15.9. The topological polar surface area (TPSA) is 84.3 Å². The average Bonchev–Trinajstić information content (AvgIpc) is 2.36. The minimum Gasteiger partial charge on any atom is -0.379 e. The van der Waals surface area contributed by atoms with Crippen LogP contribution in [0.3, 0.4) is 0 Å². The lowest BCUT2D eigenvalue weighted by Gasteiger charge is -2.09. The molecule has 0 spiro atoms. The van der Waals surface area contributed by atoms with Gasteiger partial charge in [0.1, 0.15) is 5.69 Å². The standard InChI is InChI=1S/C13H18FN3O3/c1-9(2)8-16-12(18)6-7-15-11-5-3-4-10(14)13(11)17(19)20/h3-5,9,15H,6-8H2,1-2H3,(H,16,18). The minimum absolute atomic E-state index is 0.0756. The Morgan fingerprint density at radius 2 is 2.15 bits per heavy atom. The van der Waals surface area contributed by atoms with Gasteiger partial charge in [0.25, 0.3) is 0 Å². The fraction of sp³-hybridized carbons (Fsp3) is 0.462. The van der Waals surface area contributed by atoms with E-state index in [-0.39, 0.29) is 24.6 Å². The predicted molar refractivity (Wildman–Crippen MR) is 74.0 cm³/mol. The molecule has 0 atom stereocenters. The maximum Gasteiger partial charge on any atom is 0.327 e. The van der Waals surface area contributed by atoms with Crippen molar-refractivity contribution >= 4 is 17.3 Å². The smallest absolute Gasteiger partial charge is 0.327 e. The van der Waals surface area contributed by atoms with E-state index in [0.29, 0.717) is 12.5 Å². The summed E-state index contributed by atoms with van der Waals surface area (Å²) >= 11 is 0. The highest BCUT2D eigenvalue weighted by Gasteiger charge is 2.19. The number of para-hydroxylation sites is 1. The van der Waals surface area contributed by atoms with Gasteiger partial charge in [-0.3, -0.25) is 14.9 Å². The van der Waals surface area contributed by atoms with Crippen molar-refractivity contribution in [3.8, 4) is 0 Å². The lowest BCUT2D eigenvalue weighted by Crippen LogP contribution is -2.28. The number of hydrogen-bond acceptors (Lipinski definition) is 4. The lowest BCUT2D eigenvalue weighted by molar-refractivity contribution is -0.386. The summed E-state index contributed by atoms with van der Waals surface area (Å²) in [6, 6.07) is 3.81. The van der Waals surface area contributed by atoms with Gasteiger partial charge in [-0.15, -0.1) is 0 Å². The molecule has 1 aromatic rings. The number of halogens is 1. The first-order valence-electron chi connectivity index (χ1n) is 6.35. The first-order chi connectivity index (χ1) is 9.41. The minimum atomic E-state index is -0.899. The molecule has 0 aromatic heterocycles. The van der Waals surface area contributed by atoms with Gasteiger partial charge in [0, 0.05) is 19.5 Å². The molecule has 0 radical (unpaired) electrons. The molecule has 0 heterocycles. The van der Waals surface area contributed by atoms with Crippen LogP contribution >= 0.6 is 0 Å². The maximum atomic E-state index is 13.3. The number of carbonyl (C=O) groups is 1. The van der Waals surface area contributed by atoms with Crippen molar-refractivity contribution in [2.75, 3.05) is 18.4 Å². The van der Waals surface area contributed by atoms with Gasteiger partial charge >= 0.3 is 5.69 Å². The van der Waals surface area contributed by atoms with E-state index in [4.69, 9.17) is 0 Å². The summed E-state index contributed by atoms with van der Waals surface area (Å²) in [6.07, 6.45) is 0.167. The van der Waals surface area contributed by atoms with E-state index >= 15 is 0 Å². The van der Waals surface area contributed by atoms with Crippen LogP contribution in [0.2, 0.25) is 0 Å². The van der Waals surface area contributed by atoms with E-state index in [1.165, 1.54) is 12.1 Å². The summed E-state index contributed by atoms with van der Waals surface area (Å²) < 4.78 is 13.3. The molecule has 20 heavy (non-hydrogen) atoms. The Morgan fingerprint density at radius 1 is 1.45 bits per heavy atom. The molecule has 0 aliphatic heterocycles. The van der Waals surface area contributed by atoms with Crippen LogP contribution in [-0.2, 0) is 4.79 Å². The van der Waals surface area contributed by atoms with Crippen LogP contribution in [0.1, 0.15) is 20.3 Å². The lowest BCUT2D eigenvalue weighted by atomic mass is 10.2. The van der Waals surface area contributed by atoms with Gasteiger partial charge in [0.05, 0.1) is 4.92 Å². The number of amides is 1. The Kier molecular flexibility index (Phi) is 5.89. The van der Waals surface area contributed by atoms with Gasteiger partial charge in [-0.1, -0.05) is 19.9 Å². The van der Waals surface area contributed by atoms with Crippen molar-refractivity contribution < 1.29 is 14.1 Å². The monoisotopic (exact) mass is 283 g/mol. The molecule has 1 amide bonds. The van der Waals surface area contributed by atoms with Gasteiger partial charge < -0.3 is 10.6 Å². The quantitative estimate of drug-likeness (QED) is 0.594. The number of rotatable bonds is 7. The molecule has 7 heteroatoms. The highest BCUT2D eigenvalue weighted by atomic mass is 19.1. The van der Waals surface area contributed by atoms with E-state index in [0.717, 1.165) is 6.07 Å². The van der Waals surface area contributed by atoms with E-state index in [2.05, 4.69) is 10.6 Å². The molecule has 2 N–H and O–H groups in total. The third-order valence-electron chi connectivity index (χ3n) is 2.54. The number of benzene rings is 1. The molecule has 0 fully saturated rings. The van der Waals surface area contributed by atoms with Crippen molar-refractivity contribution in [2.45, 2.75) is 20.3 Å². The largest absolute Gasteiger partial charge is 0.379 e. The molecule has 0 aliphatic carbocycles. The summed E-state index contributed by atoms with van der Waals surface area (Å²) in [5, 5.41) is 16.2. The normalized spacial score (nSPS) is 10.4. The molecule has 1 aromatic carbocycles. The third kappa shape index (κ3) is 4.83. The zero-order valence-electron chi connectivity index (χ0n) is 11.5. The Hall–Kier alpha value is -2.18. The van der Waals surface area contributed by atoms with E-state index in [1.54, 1.807) is 0 Å². The van der Waals surface area contributed by atoms with Crippen LogP contribution in [0.15, 0.2) is 18.2 Å². The average molecular weight is 283 g/mol. The molecule has 0 saturated heterocycles. The zero-order valence-corrected chi connectivity index (χ0v) is 11.5. The van der Waals surface area contributed by atoms with Crippen LogP contribution in [0.4, 0.5) is 15.8 Å². The second-order valence-corrected chi connectivity index (χ2v) is 4.77. The molecular weight excluding hydrogens is 265 g/mol. The first-order valence-corrected chi connectivity index (χ1v) is 6.35. The third-order valence-corrected chi connectivity index (χ3v) is 2.54. The van der Waals surface area contributed by atoms with Crippen molar-refractivity contribution in [1.82, 2.24) is 5.32 Å². The summed E-state index contributed by atoms with van der Waals surface area (Å²) in [7, 11) is 0. The van der Waals surface area contributed by atoms with Crippen LogP contribution in [0.5, 0.6) is 0 Å². The van der Waals surface area contributed by atoms with Crippen molar-refractivity contribution in [3.63, 3.8) is 0 Å². The number of hydrogen-bond donors (Lipinski definition) is 2. The van der Waals surface area contributed by atoms with Crippen LogP contribution in [0, 0.1) is 21.8 Å². The Balaban J connectivity index is 2.52. The summed E-state index contributed by atoms with van der Waals surface area (Å²) in [5.74, 6) is -0.689. The van der Waals surface area contributed by atoms with E-state index in [1.807, 2.05) is 13.8 Å². The number of nitro benzene ring substituents is 1. The molecule has 1 rings (SSSR count). The van der Waals surface area contributed by atoms with Gasteiger partial charge in [-0.2, -0.15) is 4.39 Å². The molecular formula is C13H18FN3O3. The number of carbonyl (C=O) groups excluding carboxylic acids is 1. The van der Waals surface area contributed by atoms with Gasteiger partial charge in [0.15, 0.2) is 0 Å². The zero-order chi connectivity index (χ0) is 15.1. The number of nitrogens with one attached hydrogen (secondary N) is 2. The van der Waals surface area contributed by atoms with Crippen LogP contribution in [0.25, 0.3) is 0 Å². The van der Waals surface area contributed by atoms with Crippen molar-refractivity contribution in [1.29, 1.82) is 0 Å². The molecule has 0 unspecified atom stereocenters. The van der Waals surface area contributed by atoms with E-state index in [9.17, 15) is 19.3 Å². The predicted octanol–water partition coefficient (Wildman–Crippen LogP) is 2.31. The Bertz CT molecular complexity index is 492. The second-order valence-electron chi connectivity index (χ2n) is 4.77. The SMILES string of the molecule is CC(C)CNC(=O)CCNc1cccc(F)c1[N+](=O)[O-]. The Labute approximate surface area is 116 Å². The van der Waals surface area contributed by atoms with Gasteiger partial charge in [-0.25, -0.2) is 0 Å². The Morgan fingerprint density at radius 3 is 2.75 bits per heavy atom. The fourth-order valence-electron chi connectivity index (χ4n) is 1.56. The van der Waals surface area contributed by atoms with Crippen LogP contribution < -0.4 is 10.6 Å². The molecule has 0 saturated carbocycles. The number of anilines is 1. The van der Waals surface area contributed by atoms with Crippen molar-refractivity contribution in [2.24, 2.45) is 5.92 Å². The van der Waals surface area contributed by atoms with Gasteiger partial charge in [-0.05, 0) is 18.1 Å². The fourth-order valence-corrected chi connectivity index (χ4v) is 1.56. The maximum absolute atomic E-state index is 13.3. The van der Waals surface area contributed by atoms with Gasteiger partial charge in [0.2, 0.25) is 11.7 Å². The number of nitrogens with zero attached hydrogens (tertiary/aromatic N) is 1. The van der Waals surface area contributed by atoms with Crippen molar-refractivity contribution in [3.05, 3.63) is 34.1 Å². The second kappa shape index (κ2) is 7.42. The number of nitro groups is 1.